The van der Waals surface area contributed by atoms with E-state index in [4.69, 9.17) is 9.90 Å². The molecule has 0 bridgehead atoms. The fourth-order valence-corrected chi connectivity index (χ4v) is 2.68. The molecule has 0 fully saturated rings. The lowest BCUT2D eigenvalue weighted by Gasteiger charge is -2.34. The summed E-state index contributed by atoms with van der Waals surface area (Å²) in [6, 6.07) is 0. The minimum Gasteiger partial charge on any atom is -0.550 e. The Kier molecular flexibility index (Phi) is 26.2. The molecule has 0 aliphatic heterocycles. The Morgan fingerprint density at radius 2 is 0.667 bits per heavy atom. The summed E-state index contributed by atoms with van der Waals surface area (Å²) in [6.07, 6.45) is 0.111. The largest absolute Gasteiger partial charge is 0.550 e. The Hall–Kier alpha value is -1.14. The maximum absolute atomic E-state index is 9.26. The molecule has 6 nitrogen and oxygen atoms in total. The lowest BCUT2D eigenvalue weighted by Crippen LogP contribution is -2.47. The third kappa shape index (κ3) is 21.0. The van der Waals surface area contributed by atoms with Gasteiger partial charge in [0.05, 0.1) is 52.4 Å². The van der Waals surface area contributed by atoms with Crippen LogP contribution in [0.15, 0.2) is 0 Å². The number of nitrogens with zero attached hydrogens (tertiary/aromatic N) is 2. The summed E-state index contributed by atoms with van der Waals surface area (Å²) in [6.45, 7) is 31.0. The maximum Gasteiger partial charge on any atom is 0.0757 e. The molecule has 0 N–H and O–H groups in total. The molecule has 0 aromatic rings. The Bertz CT molecular complexity index is 280. The molecule has 0 radical (unpaired) electrons. The predicted molar refractivity (Wildman–Crippen MR) is 111 cm³/mol. The lowest BCUT2D eigenvalue weighted by molar-refractivity contribution is -0.921. The minimum atomic E-state index is -1.08. The predicted octanol–water partition coefficient (Wildman–Crippen LogP) is 1.67. The van der Waals surface area contributed by atoms with E-state index in [9.17, 15) is 9.90 Å². The van der Waals surface area contributed by atoms with Gasteiger partial charge in [-0.05, 0) is 68.7 Å². The van der Waals surface area contributed by atoms with Crippen molar-refractivity contribution in [2.24, 2.45) is 0 Å². The smallest absolute Gasteiger partial charge is 0.0757 e. The minimum absolute atomic E-state index is 0.111. The molecule has 0 aliphatic carbocycles. The third-order valence-electron chi connectivity index (χ3n) is 5.66. The zero-order chi connectivity index (χ0) is 22.5. The Balaban J connectivity index is -0.000000138. The van der Waals surface area contributed by atoms with E-state index in [1.54, 1.807) is 0 Å². The van der Waals surface area contributed by atoms with Crippen molar-refractivity contribution in [3.63, 3.8) is 0 Å². The highest BCUT2D eigenvalue weighted by molar-refractivity contribution is 5.63. The van der Waals surface area contributed by atoms with E-state index in [-0.39, 0.29) is 6.42 Å². The van der Waals surface area contributed by atoms with E-state index in [0.29, 0.717) is 0 Å². The van der Waals surface area contributed by atoms with Crippen LogP contribution in [0.5, 0.6) is 0 Å². The van der Waals surface area contributed by atoms with Gasteiger partial charge in [0.2, 0.25) is 0 Å². The fourth-order valence-electron chi connectivity index (χ4n) is 2.68. The average Bonchev–Trinajstić information content (AvgIpc) is 2.67. The van der Waals surface area contributed by atoms with Gasteiger partial charge in [0.25, 0.3) is 0 Å². The Labute approximate surface area is 169 Å². The van der Waals surface area contributed by atoms with Gasteiger partial charge >= 0.3 is 0 Å². The second-order valence-corrected chi connectivity index (χ2v) is 6.43. The first-order valence-electron chi connectivity index (χ1n) is 10.6. The van der Waals surface area contributed by atoms with Gasteiger partial charge in [-0.3, -0.25) is 0 Å². The highest BCUT2D eigenvalue weighted by atomic mass is 16.4. The van der Waals surface area contributed by atoms with Crippen LogP contribution in [0, 0.1) is 0 Å². The molecule has 6 heteroatoms. The monoisotopic (exact) mass is 392 g/mol. The van der Waals surface area contributed by atoms with Crippen LogP contribution in [0.25, 0.3) is 0 Å². The highest BCUT2D eigenvalue weighted by Crippen LogP contribution is 2.03. The molecule has 0 unspecified atom stereocenters. The number of aliphatic carboxylic acids is 2. The SMILES string of the molecule is CC(=O)[O-].CCC(=O)[O-].CC[N+](CC)(CC)CC.CC[N+](CC)(CC)CC. The van der Waals surface area contributed by atoms with Gasteiger partial charge in [-0.2, -0.15) is 0 Å². The molecular weight excluding hydrogens is 344 g/mol. The number of hydrogen-bond donors (Lipinski definition) is 0. The summed E-state index contributed by atoms with van der Waals surface area (Å²) in [5, 5.41) is 18.1. The molecular formula is C21H48N2O4. The van der Waals surface area contributed by atoms with Crippen LogP contribution < -0.4 is 10.2 Å². The standard InChI is InChI=1S/2C8H20N.C3H6O2.C2H4O2/c2*1-5-9(6-2,7-3)8-4;1-2-3(4)5;1-2(3)4/h2*5-8H2,1-4H3;2H2,1H3,(H,4,5);1H3,(H,3,4)/q2*+1;;/p-2. The van der Waals surface area contributed by atoms with E-state index in [2.05, 4.69) is 55.4 Å². The van der Waals surface area contributed by atoms with Crippen LogP contribution in [0.1, 0.15) is 75.7 Å². The van der Waals surface area contributed by atoms with Crippen LogP contribution in [0.3, 0.4) is 0 Å². The maximum atomic E-state index is 9.26. The van der Waals surface area contributed by atoms with Crippen molar-refractivity contribution in [3.8, 4) is 0 Å². The van der Waals surface area contributed by atoms with E-state index >= 15 is 0 Å². The van der Waals surface area contributed by atoms with Crippen molar-refractivity contribution in [2.75, 3.05) is 52.4 Å². The number of quaternary nitrogens is 2. The van der Waals surface area contributed by atoms with E-state index in [1.807, 2.05) is 0 Å². The molecule has 0 rings (SSSR count). The third-order valence-corrected chi connectivity index (χ3v) is 5.66. The number of carbonyl (C=O) groups is 2. The zero-order valence-corrected chi connectivity index (χ0v) is 19.9. The molecule has 0 saturated heterocycles. The number of carboxylic acid groups (broad SMARTS) is 2. The first-order chi connectivity index (χ1) is 12.5. The second kappa shape index (κ2) is 21.2. The molecule has 0 atom stereocenters. The van der Waals surface area contributed by atoms with E-state index in [1.165, 1.54) is 68.2 Å². The van der Waals surface area contributed by atoms with Gasteiger partial charge in [0, 0.05) is 11.9 Å². The van der Waals surface area contributed by atoms with Gasteiger partial charge in [-0.1, -0.05) is 6.92 Å². The first-order valence-corrected chi connectivity index (χ1v) is 10.6. The quantitative estimate of drug-likeness (QED) is 0.559. The summed E-state index contributed by atoms with van der Waals surface area (Å²) >= 11 is 0. The van der Waals surface area contributed by atoms with Crippen LogP contribution in [0.2, 0.25) is 0 Å². The zero-order valence-electron chi connectivity index (χ0n) is 19.9. The molecule has 0 aromatic heterocycles. The van der Waals surface area contributed by atoms with Crippen molar-refractivity contribution in [2.45, 2.75) is 75.7 Å². The number of carboxylic acids is 2. The van der Waals surface area contributed by atoms with Crippen LogP contribution in [0.4, 0.5) is 0 Å². The molecule has 0 aromatic carbocycles. The summed E-state index contributed by atoms with van der Waals surface area (Å²) in [7, 11) is 0. The topological polar surface area (TPSA) is 80.3 Å². The molecule has 166 valence electrons. The van der Waals surface area contributed by atoms with Crippen LogP contribution >= 0.6 is 0 Å². The van der Waals surface area contributed by atoms with Gasteiger partial charge in [-0.25, -0.2) is 0 Å². The number of hydrogen-bond acceptors (Lipinski definition) is 4. The molecule has 0 aliphatic rings. The number of carbonyl (C=O) groups excluding carboxylic acids is 2. The fraction of sp³-hybridized carbons (Fsp3) is 0.905. The lowest BCUT2D eigenvalue weighted by atomic mass is 10.3. The van der Waals surface area contributed by atoms with Crippen molar-refractivity contribution in [1.82, 2.24) is 0 Å². The molecule has 0 saturated carbocycles. The van der Waals surface area contributed by atoms with Crippen LogP contribution in [-0.2, 0) is 9.59 Å². The summed E-state index contributed by atoms with van der Waals surface area (Å²) < 4.78 is 2.56. The first kappa shape index (κ1) is 33.4. The van der Waals surface area contributed by atoms with Gasteiger partial charge in [0.1, 0.15) is 0 Å². The Morgan fingerprint density at radius 1 is 0.556 bits per heavy atom. The average molecular weight is 393 g/mol. The van der Waals surface area contributed by atoms with Gasteiger partial charge in [0.15, 0.2) is 0 Å². The normalized spacial score (nSPS) is 10.3. The van der Waals surface area contributed by atoms with E-state index < -0.39 is 11.9 Å². The molecule has 0 heterocycles. The van der Waals surface area contributed by atoms with Gasteiger partial charge < -0.3 is 28.8 Å². The summed E-state index contributed by atoms with van der Waals surface area (Å²) in [5.41, 5.74) is 0. The van der Waals surface area contributed by atoms with E-state index in [0.717, 1.165) is 6.92 Å². The molecule has 27 heavy (non-hydrogen) atoms. The number of rotatable bonds is 9. The highest BCUT2D eigenvalue weighted by Gasteiger charge is 2.16. The summed E-state index contributed by atoms with van der Waals surface area (Å²) in [5.74, 6) is -2.08. The van der Waals surface area contributed by atoms with Crippen molar-refractivity contribution in [3.05, 3.63) is 0 Å². The molecule has 0 amide bonds. The van der Waals surface area contributed by atoms with Crippen LogP contribution in [-0.4, -0.2) is 73.3 Å². The molecule has 0 spiro atoms. The summed E-state index contributed by atoms with van der Waals surface area (Å²) in [4.78, 5) is 18.1. The van der Waals surface area contributed by atoms with Crippen molar-refractivity contribution in [1.29, 1.82) is 0 Å². The van der Waals surface area contributed by atoms with Crippen molar-refractivity contribution >= 4 is 11.9 Å². The second-order valence-electron chi connectivity index (χ2n) is 6.43. The van der Waals surface area contributed by atoms with Crippen molar-refractivity contribution < 1.29 is 28.8 Å². The van der Waals surface area contributed by atoms with Gasteiger partial charge in [-0.15, -0.1) is 0 Å². The Morgan fingerprint density at radius 3 is 0.667 bits per heavy atom.